The van der Waals surface area contributed by atoms with E-state index < -0.39 is 5.82 Å². The largest absolute Gasteiger partial charge is 0.496 e. The summed E-state index contributed by atoms with van der Waals surface area (Å²) < 4.78 is 23.8. The summed E-state index contributed by atoms with van der Waals surface area (Å²) in [5, 5.41) is 3.51. The molecule has 0 radical (unpaired) electrons. The van der Waals surface area contributed by atoms with Crippen LogP contribution in [0.15, 0.2) is 22.7 Å². The van der Waals surface area contributed by atoms with Gasteiger partial charge in [-0.3, -0.25) is 0 Å². The summed E-state index contributed by atoms with van der Waals surface area (Å²) in [6.45, 7) is 1.78. The summed E-state index contributed by atoms with van der Waals surface area (Å²) in [6.07, 6.45) is 0. The molecule has 0 fully saturated rings. The Morgan fingerprint density at radius 1 is 1.38 bits per heavy atom. The van der Waals surface area contributed by atoms with Crippen molar-refractivity contribution in [1.29, 1.82) is 0 Å². The second kappa shape index (κ2) is 3.84. The lowest BCUT2D eigenvalue weighted by atomic mass is 10.1. The van der Waals surface area contributed by atoms with E-state index in [0.717, 1.165) is 5.56 Å². The van der Waals surface area contributed by atoms with E-state index in [1.165, 1.54) is 19.2 Å². The number of aromatic nitrogens is 1. The lowest BCUT2D eigenvalue weighted by Gasteiger charge is -2.07. The van der Waals surface area contributed by atoms with Crippen LogP contribution in [0.4, 0.5) is 10.2 Å². The van der Waals surface area contributed by atoms with Crippen molar-refractivity contribution in [1.82, 2.24) is 5.16 Å². The molecule has 0 aliphatic carbocycles. The number of nitrogens with zero attached hydrogens (tertiary/aromatic N) is 1. The fourth-order valence-corrected chi connectivity index (χ4v) is 1.52. The molecule has 2 rings (SSSR count). The fraction of sp³-hybridized carbons (Fsp3) is 0.182. The van der Waals surface area contributed by atoms with Crippen molar-refractivity contribution in [3.05, 3.63) is 29.6 Å². The zero-order valence-electron chi connectivity index (χ0n) is 8.95. The first-order valence-electron chi connectivity index (χ1n) is 4.68. The van der Waals surface area contributed by atoms with Crippen molar-refractivity contribution in [2.75, 3.05) is 12.8 Å². The molecular weight excluding hydrogens is 211 g/mol. The lowest BCUT2D eigenvalue weighted by Crippen LogP contribution is -1.92. The van der Waals surface area contributed by atoms with Crippen LogP contribution in [0.3, 0.4) is 0 Å². The molecular formula is C11H11FN2O2. The van der Waals surface area contributed by atoms with Gasteiger partial charge in [0.15, 0.2) is 11.6 Å². The van der Waals surface area contributed by atoms with Crippen molar-refractivity contribution in [2.24, 2.45) is 0 Å². The van der Waals surface area contributed by atoms with Crippen LogP contribution < -0.4 is 10.5 Å². The van der Waals surface area contributed by atoms with Gasteiger partial charge in [0.2, 0.25) is 0 Å². The van der Waals surface area contributed by atoms with Gasteiger partial charge in [-0.15, -0.1) is 0 Å². The summed E-state index contributed by atoms with van der Waals surface area (Å²) in [5.41, 5.74) is 6.42. The predicted molar refractivity (Wildman–Crippen MR) is 57.6 cm³/mol. The van der Waals surface area contributed by atoms with Crippen LogP contribution in [-0.4, -0.2) is 12.3 Å². The second-order valence-electron chi connectivity index (χ2n) is 3.44. The van der Waals surface area contributed by atoms with E-state index in [0.29, 0.717) is 5.75 Å². The Morgan fingerprint density at radius 3 is 2.69 bits per heavy atom. The zero-order valence-corrected chi connectivity index (χ0v) is 8.95. The molecule has 0 saturated heterocycles. The molecule has 4 nitrogen and oxygen atoms in total. The molecule has 0 amide bonds. The first kappa shape index (κ1) is 10.5. The number of anilines is 1. The normalized spacial score (nSPS) is 10.4. The van der Waals surface area contributed by atoms with E-state index in [1.807, 2.05) is 0 Å². The van der Waals surface area contributed by atoms with Crippen molar-refractivity contribution < 1.29 is 13.7 Å². The number of nitrogens with two attached hydrogens (primary N) is 1. The minimum absolute atomic E-state index is 0.206. The molecule has 2 aromatic rings. The van der Waals surface area contributed by atoms with Crippen LogP contribution >= 0.6 is 0 Å². The summed E-state index contributed by atoms with van der Waals surface area (Å²) in [7, 11) is 1.47. The van der Waals surface area contributed by atoms with Gasteiger partial charge in [-0.25, -0.2) is 4.39 Å². The molecule has 0 spiro atoms. The molecule has 0 unspecified atom stereocenters. The minimum Gasteiger partial charge on any atom is -0.496 e. The van der Waals surface area contributed by atoms with Gasteiger partial charge in [0.1, 0.15) is 11.6 Å². The SMILES string of the molecule is COc1cc(C)cc(F)c1-c1cc(N)no1. The van der Waals surface area contributed by atoms with Gasteiger partial charge in [0.05, 0.1) is 12.7 Å². The van der Waals surface area contributed by atoms with Gasteiger partial charge < -0.3 is 15.0 Å². The highest BCUT2D eigenvalue weighted by Gasteiger charge is 2.16. The first-order valence-corrected chi connectivity index (χ1v) is 4.68. The first-order chi connectivity index (χ1) is 7.61. The highest BCUT2D eigenvalue weighted by atomic mass is 19.1. The van der Waals surface area contributed by atoms with Crippen molar-refractivity contribution >= 4 is 5.82 Å². The monoisotopic (exact) mass is 222 g/mol. The quantitative estimate of drug-likeness (QED) is 0.847. The topological polar surface area (TPSA) is 61.3 Å². The number of aryl methyl sites for hydroxylation is 1. The summed E-state index contributed by atoms with van der Waals surface area (Å²) >= 11 is 0. The number of rotatable bonds is 2. The van der Waals surface area contributed by atoms with Crippen molar-refractivity contribution in [2.45, 2.75) is 6.92 Å². The smallest absolute Gasteiger partial charge is 0.175 e. The molecule has 16 heavy (non-hydrogen) atoms. The Kier molecular flexibility index (Phi) is 2.52. The highest BCUT2D eigenvalue weighted by molar-refractivity contribution is 5.68. The van der Waals surface area contributed by atoms with Crippen molar-refractivity contribution in [3.63, 3.8) is 0 Å². The van der Waals surface area contributed by atoms with E-state index in [2.05, 4.69) is 5.16 Å². The molecule has 0 aliphatic rings. The molecule has 1 aromatic carbocycles. The second-order valence-corrected chi connectivity index (χ2v) is 3.44. The number of hydrogen-bond donors (Lipinski definition) is 1. The van der Waals surface area contributed by atoms with Crippen LogP contribution in [0.5, 0.6) is 5.75 Å². The number of hydrogen-bond acceptors (Lipinski definition) is 4. The predicted octanol–water partition coefficient (Wildman–Crippen LogP) is 2.38. The molecule has 1 heterocycles. The van der Waals surface area contributed by atoms with Gasteiger partial charge in [-0.1, -0.05) is 5.16 Å². The number of halogens is 1. The number of ether oxygens (including phenoxy) is 1. The average Bonchev–Trinajstić information content (AvgIpc) is 2.63. The fourth-order valence-electron chi connectivity index (χ4n) is 1.52. The van der Waals surface area contributed by atoms with Crippen LogP contribution in [0.1, 0.15) is 5.56 Å². The van der Waals surface area contributed by atoms with E-state index >= 15 is 0 Å². The van der Waals surface area contributed by atoms with E-state index in [-0.39, 0.29) is 17.1 Å². The summed E-state index contributed by atoms with van der Waals surface area (Å²) in [4.78, 5) is 0. The third kappa shape index (κ3) is 1.71. The van der Waals surface area contributed by atoms with Crippen LogP contribution in [-0.2, 0) is 0 Å². The van der Waals surface area contributed by atoms with Crippen LogP contribution in [0.2, 0.25) is 0 Å². The van der Waals surface area contributed by atoms with Crippen LogP contribution in [0.25, 0.3) is 11.3 Å². The molecule has 5 heteroatoms. The highest BCUT2D eigenvalue weighted by Crippen LogP contribution is 2.34. The average molecular weight is 222 g/mol. The number of methoxy groups -OCH3 is 1. The Hall–Kier alpha value is -2.04. The van der Waals surface area contributed by atoms with Gasteiger partial charge in [-0.2, -0.15) is 0 Å². The molecule has 2 N–H and O–H groups in total. The molecule has 0 saturated carbocycles. The number of nitrogen functional groups attached to an aromatic ring is 1. The maximum absolute atomic E-state index is 13.8. The van der Waals surface area contributed by atoms with Crippen molar-refractivity contribution in [3.8, 4) is 17.1 Å². The number of benzene rings is 1. The molecule has 0 aliphatic heterocycles. The molecule has 84 valence electrons. The maximum atomic E-state index is 13.8. The Balaban J connectivity index is 2.63. The van der Waals surface area contributed by atoms with E-state index in [9.17, 15) is 4.39 Å². The van der Waals surface area contributed by atoms with Gasteiger partial charge in [0, 0.05) is 6.07 Å². The minimum atomic E-state index is -0.423. The Morgan fingerprint density at radius 2 is 2.12 bits per heavy atom. The van der Waals surface area contributed by atoms with Gasteiger partial charge in [-0.05, 0) is 24.6 Å². The maximum Gasteiger partial charge on any atom is 0.175 e. The van der Waals surface area contributed by atoms with Gasteiger partial charge in [0.25, 0.3) is 0 Å². The third-order valence-corrected chi connectivity index (χ3v) is 2.19. The molecule has 0 atom stereocenters. The molecule has 0 bridgehead atoms. The Bertz CT molecular complexity index is 523. The summed E-state index contributed by atoms with van der Waals surface area (Å²) in [5.74, 6) is 0.436. The van der Waals surface area contributed by atoms with Crippen LogP contribution in [0, 0.1) is 12.7 Å². The lowest BCUT2D eigenvalue weighted by molar-refractivity contribution is 0.402. The standard InChI is InChI=1S/C11H11FN2O2/c1-6-3-7(12)11(8(4-6)15-2)9-5-10(13)14-16-9/h3-5H,1-2H3,(H2,13,14). The van der Waals surface area contributed by atoms with E-state index in [1.54, 1.807) is 13.0 Å². The zero-order chi connectivity index (χ0) is 11.7. The Labute approximate surface area is 91.8 Å². The van der Waals surface area contributed by atoms with Gasteiger partial charge >= 0.3 is 0 Å². The van der Waals surface area contributed by atoms with E-state index in [4.69, 9.17) is 15.0 Å². The molecule has 1 aromatic heterocycles. The third-order valence-electron chi connectivity index (χ3n) is 2.19. The summed E-state index contributed by atoms with van der Waals surface area (Å²) in [6, 6.07) is 4.57.